The number of aromatic nitrogens is 1. The van der Waals surface area contributed by atoms with Crippen LogP contribution in [0.15, 0.2) is 29.4 Å². The number of amides is 1. The Kier molecular flexibility index (Phi) is 7.10. The van der Waals surface area contributed by atoms with Crippen LogP contribution in [0.1, 0.15) is 33.1 Å². The highest BCUT2D eigenvalue weighted by Crippen LogP contribution is 2.19. The zero-order valence-corrected chi connectivity index (χ0v) is 16.0. The number of nitrogens with one attached hydrogen (secondary N) is 1. The Morgan fingerprint density at radius 2 is 2.23 bits per heavy atom. The van der Waals surface area contributed by atoms with Crippen molar-refractivity contribution < 1.29 is 18.3 Å². The normalized spacial score (nSPS) is 24.5. The quantitative estimate of drug-likeness (QED) is 0.638. The minimum atomic E-state index is -3.78. The van der Waals surface area contributed by atoms with Crippen molar-refractivity contribution >= 4 is 15.9 Å². The maximum atomic E-state index is 12.7. The minimum Gasteiger partial charge on any atom is -0.390 e. The van der Waals surface area contributed by atoms with Crippen molar-refractivity contribution in [1.29, 1.82) is 0 Å². The van der Waals surface area contributed by atoms with E-state index in [1.165, 1.54) is 16.6 Å². The first-order valence-corrected chi connectivity index (χ1v) is 10.4. The number of aliphatic hydroxyl groups excluding tert-OH is 1. The summed E-state index contributed by atoms with van der Waals surface area (Å²) in [6.07, 6.45) is 2.18. The van der Waals surface area contributed by atoms with Gasteiger partial charge in [-0.25, -0.2) is 13.4 Å². The predicted octanol–water partition coefficient (Wildman–Crippen LogP) is 0.0852. The lowest BCUT2D eigenvalue weighted by Crippen LogP contribution is -2.53. The van der Waals surface area contributed by atoms with Crippen LogP contribution in [0.4, 0.5) is 0 Å². The molecule has 2 rings (SSSR count). The van der Waals surface area contributed by atoms with Crippen molar-refractivity contribution in [1.82, 2.24) is 14.6 Å². The summed E-state index contributed by atoms with van der Waals surface area (Å²) < 4.78 is 26.6. The van der Waals surface area contributed by atoms with Crippen LogP contribution in [-0.2, 0) is 14.8 Å². The topological polar surface area (TPSA) is 126 Å². The van der Waals surface area contributed by atoms with Gasteiger partial charge in [0, 0.05) is 19.3 Å². The third-order valence-electron chi connectivity index (χ3n) is 4.91. The van der Waals surface area contributed by atoms with Crippen molar-refractivity contribution in [2.45, 2.75) is 56.3 Å². The molecule has 0 radical (unpaired) electrons. The molecule has 146 valence electrons. The fourth-order valence-electron chi connectivity index (χ4n) is 2.92. The van der Waals surface area contributed by atoms with E-state index in [0.29, 0.717) is 12.8 Å². The summed E-state index contributed by atoms with van der Waals surface area (Å²) in [6, 6.07) is 3.50. The third kappa shape index (κ3) is 4.79. The van der Waals surface area contributed by atoms with Crippen LogP contribution in [0.3, 0.4) is 0 Å². The van der Waals surface area contributed by atoms with Crippen LogP contribution in [-0.4, -0.2) is 60.0 Å². The molecule has 0 spiro atoms. The van der Waals surface area contributed by atoms with Gasteiger partial charge in [0.15, 0.2) is 5.03 Å². The summed E-state index contributed by atoms with van der Waals surface area (Å²) in [7, 11) is -3.78. The van der Waals surface area contributed by atoms with Crippen LogP contribution in [0, 0.1) is 5.92 Å². The summed E-state index contributed by atoms with van der Waals surface area (Å²) >= 11 is 0. The molecule has 0 saturated carbocycles. The molecule has 0 bridgehead atoms. The lowest BCUT2D eigenvalue weighted by Gasteiger charge is -2.26. The summed E-state index contributed by atoms with van der Waals surface area (Å²) in [5.41, 5.74) is 5.94. The molecule has 0 aromatic carbocycles. The molecule has 8 nitrogen and oxygen atoms in total. The summed E-state index contributed by atoms with van der Waals surface area (Å²) in [5.74, 6) is -0.289. The van der Waals surface area contributed by atoms with Gasteiger partial charge < -0.3 is 16.2 Å². The number of sulfonamides is 1. The number of β-amino-alcohol motifs (C(OH)–C–C–N with tert-alkyl or cyclic N) is 1. The second-order valence-electron chi connectivity index (χ2n) is 6.77. The van der Waals surface area contributed by atoms with Gasteiger partial charge >= 0.3 is 0 Å². The zero-order chi connectivity index (χ0) is 19.3. The maximum Gasteiger partial charge on any atom is 0.260 e. The first kappa shape index (κ1) is 20.8. The smallest absolute Gasteiger partial charge is 0.260 e. The van der Waals surface area contributed by atoms with Gasteiger partial charge in [-0.1, -0.05) is 26.3 Å². The number of pyridine rings is 1. The molecule has 1 aromatic rings. The van der Waals surface area contributed by atoms with Crippen LogP contribution < -0.4 is 11.1 Å². The Balaban J connectivity index is 2.06. The molecule has 1 aromatic heterocycles. The maximum absolute atomic E-state index is 12.7. The molecule has 26 heavy (non-hydrogen) atoms. The molecular weight excluding hydrogens is 356 g/mol. The number of carbonyl (C=O) groups is 1. The molecule has 4 atom stereocenters. The molecule has 2 heterocycles. The van der Waals surface area contributed by atoms with E-state index >= 15 is 0 Å². The number of rotatable bonds is 6. The molecule has 0 aliphatic carbocycles. The largest absolute Gasteiger partial charge is 0.390 e. The van der Waals surface area contributed by atoms with E-state index in [9.17, 15) is 18.3 Å². The zero-order valence-electron chi connectivity index (χ0n) is 15.2. The molecule has 1 amide bonds. The number of aliphatic hydroxyl groups is 1. The summed E-state index contributed by atoms with van der Waals surface area (Å²) in [5, 5.41) is 13.2. The van der Waals surface area contributed by atoms with E-state index in [1.54, 1.807) is 12.1 Å². The van der Waals surface area contributed by atoms with Crippen LogP contribution in [0.2, 0.25) is 0 Å². The number of hydrogen-bond donors (Lipinski definition) is 3. The molecule has 4 N–H and O–H groups in total. The monoisotopic (exact) mass is 384 g/mol. The lowest BCUT2D eigenvalue weighted by molar-refractivity contribution is -0.125. The fraction of sp³-hybridized carbons (Fsp3) is 0.647. The van der Waals surface area contributed by atoms with Crippen molar-refractivity contribution in [2.24, 2.45) is 11.7 Å². The summed E-state index contributed by atoms with van der Waals surface area (Å²) in [4.78, 5) is 16.2. The first-order chi connectivity index (χ1) is 12.3. The Hall–Kier alpha value is -1.55. The van der Waals surface area contributed by atoms with E-state index in [4.69, 9.17) is 5.73 Å². The highest BCUT2D eigenvalue weighted by atomic mass is 32.2. The molecule has 2 unspecified atom stereocenters. The van der Waals surface area contributed by atoms with E-state index in [-0.39, 0.29) is 29.9 Å². The number of nitrogens with two attached hydrogens (primary N) is 1. The van der Waals surface area contributed by atoms with E-state index in [0.717, 1.165) is 6.42 Å². The van der Waals surface area contributed by atoms with Gasteiger partial charge in [0.2, 0.25) is 5.91 Å². The minimum absolute atomic E-state index is 0.0268. The SMILES string of the molecule is CC[C@@H](C)[C@H](N)C(=O)NC1CCCN(S(=O)(=O)c2ccccn2)CC1O. The number of nitrogens with zero attached hydrogens (tertiary/aromatic N) is 2. The second kappa shape index (κ2) is 8.90. The van der Waals surface area contributed by atoms with Gasteiger partial charge in [0.05, 0.1) is 18.2 Å². The lowest BCUT2D eigenvalue weighted by atomic mass is 9.98. The molecule has 1 fully saturated rings. The highest BCUT2D eigenvalue weighted by molar-refractivity contribution is 7.89. The Labute approximate surface area is 154 Å². The number of carbonyl (C=O) groups excluding carboxylic acids is 1. The molecule has 1 aliphatic rings. The second-order valence-corrected chi connectivity index (χ2v) is 8.65. The van der Waals surface area contributed by atoms with Gasteiger partial charge in [-0.2, -0.15) is 4.31 Å². The van der Waals surface area contributed by atoms with Gasteiger partial charge in [-0.15, -0.1) is 0 Å². The van der Waals surface area contributed by atoms with Crippen molar-refractivity contribution in [3.63, 3.8) is 0 Å². The Morgan fingerprint density at radius 3 is 2.85 bits per heavy atom. The van der Waals surface area contributed by atoms with E-state index in [2.05, 4.69) is 10.3 Å². The van der Waals surface area contributed by atoms with Crippen LogP contribution in [0.25, 0.3) is 0 Å². The third-order valence-corrected chi connectivity index (χ3v) is 6.69. The molecule has 1 saturated heterocycles. The van der Waals surface area contributed by atoms with Gasteiger partial charge in [0.25, 0.3) is 10.0 Å². The standard InChI is InChI=1S/C17H28N4O4S/c1-3-12(2)16(18)17(23)20-13-7-6-10-21(11-14(13)22)26(24,25)15-8-4-5-9-19-15/h4-5,8-9,12-14,16,22H,3,6-7,10-11,18H2,1-2H3,(H,20,23)/t12-,13?,14?,16+/m1/s1. The molecule has 9 heteroatoms. The Morgan fingerprint density at radius 1 is 1.50 bits per heavy atom. The van der Waals surface area contributed by atoms with Crippen molar-refractivity contribution in [3.05, 3.63) is 24.4 Å². The molecular formula is C17H28N4O4S. The average Bonchev–Trinajstić information content (AvgIpc) is 2.83. The molecule has 1 aliphatic heterocycles. The van der Waals surface area contributed by atoms with Gasteiger partial charge in [-0.3, -0.25) is 4.79 Å². The number of hydrogen-bond acceptors (Lipinski definition) is 6. The van der Waals surface area contributed by atoms with E-state index in [1.807, 2.05) is 13.8 Å². The van der Waals surface area contributed by atoms with Crippen molar-refractivity contribution in [3.8, 4) is 0 Å². The highest BCUT2D eigenvalue weighted by Gasteiger charge is 2.34. The van der Waals surface area contributed by atoms with Crippen LogP contribution in [0.5, 0.6) is 0 Å². The summed E-state index contributed by atoms with van der Waals surface area (Å²) in [6.45, 7) is 4.02. The predicted molar refractivity (Wildman–Crippen MR) is 97.6 cm³/mol. The van der Waals surface area contributed by atoms with Crippen molar-refractivity contribution in [2.75, 3.05) is 13.1 Å². The van der Waals surface area contributed by atoms with Gasteiger partial charge in [-0.05, 0) is 30.9 Å². The fourth-order valence-corrected chi connectivity index (χ4v) is 4.34. The Bertz CT molecular complexity index is 698. The average molecular weight is 385 g/mol. The van der Waals surface area contributed by atoms with E-state index < -0.39 is 28.2 Å². The van der Waals surface area contributed by atoms with Crippen LogP contribution >= 0.6 is 0 Å². The van der Waals surface area contributed by atoms with Gasteiger partial charge in [0.1, 0.15) is 0 Å². The first-order valence-electron chi connectivity index (χ1n) is 8.92.